The molecule has 2 nitrogen and oxygen atoms in total. The lowest BCUT2D eigenvalue weighted by Crippen LogP contribution is -2.33. The molecule has 0 aromatic rings. The zero-order valence-electron chi connectivity index (χ0n) is 9.76. The number of carbonyl (C=O) groups excluding carboxylic acids is 1. The van der Waals surface area contributed by atoms with Gasteiger partial charge in [0.15, 0.2) is 5.78 Å². The maximum absolute atomic E-state index is 12.6. The van der Waals surface area contributed by atoms with Gasteiger partial charge >= 0.3 is 6.18 Å². The lowest BCUT2D eigenvalue weighted by molar-refractivity contribution is -0.186. The average Bonchev–Trinajstić information content (AvgIpc) is 2.29. The molecule has 0 aromatic carbocycles. The van der Waals surface area contributed by atoms with Crippen molar-refractivity contribution < 1.29 is 18.0 Å². The van der Waals surface area contributed by atoms with Gasteiger partial charge in [-0.2, -0.15) is 18.4 Å². The Hall–Kier alpha value is -1.05. The third kappa shape index (κ3) is 3.45. The van der Waals surface area contributed by atoms with Crippen LogP contribution in [0.15, 0.2) is 0 Å². The molecule has 1 rings (SSSR count). The van der Waals surface area contributed by atoms with Crippen LogP contribution < -0.4 is 0 Å². The quantitative estimate of drug-likeness (QED) is 0.766. The summed E-state index contributed by atoms with van der Waals surface area (Å²) in [6.07, 6.45) is -2.96. The predicted octanol–water partition coefficient (Wildman–Crippen LogP) is 3.47. The van der Waals surface area contributed by atoms with Gasteiger partial charge in [0.05, 0.1) is 12.0 Å². The first kappa shape index (κ1) is 14.0. The molecule has 0 heterocycles. The van der Waals surface area contributed by atoms with Gasteiger partial charge in [0.1, 0.15) is 5.92 Å². The molecule has 3 atom stereocenters. The third-order valence-electron chi connectivity index (χ3n) is 3.45. The van der Waals surface area contributed by atoms with Gasteiger partial charge < -0.3 is 0 Å². The highest BCUT2D eigenvalue weighted by atomic mass is 19.4. The van der Waals surface area contributed by atoms with Crippen molar-refractivity contribution in [3.63, 3.8) is 0 Å². The molecule has 0 spiro atoms. The molecule has 0 radical (unpaired) electrons. The van der Waals surface area contributed by atoms with E-state index >= 15 is 0 Å². The van der Waals surface area contributed by atoms with Gasteiger partial charge in [0.2, 0.25) is 0 Å². The summed E-state index contributed by atoms with van der Waals surface area (Å²) in [7, 11) is 0. The minimum Gasteiger partial charge on any atom is -0.298 e. The fourth-order valence-corrected chi connectivity index (χ4v) is 2.39. The first-order valence-electron chi connectivity index (χ1n) is 5.90. The van der Waals surface area contributed by atoms with Crippen LogP contribution in [0.1, 0.15) is 39.0 Å². The van der Waals surface area contributed by atoms with Gasteiger partial charge in [0.25, 0.3) is 0 Å². The van der Waals surface area contributed by atoms with Crippen molar-refractivity contribution in [1.82, 2.24) is 0 Å². The fourth-order valence-electron chi connectivity index (χ4n) is 2.39. The van der Waals surface area contributed by atoms with Crippen LogP contribution in [0.3, 0.4) is 0 Å². The number of alkyl halides is 3. The number of Topliss-reactive ketones (excluding diaryl/α,β-unsaturated/α-hetero) is 1. The van der Waals surface area contributed by atoms with Crippen LogP contribution in [-0.2, 0) is 4.79 Å². The van der Waals surface area contributed by atoms with Crippen molar-refractivity contribution in [2.75, 3.05) is 0 Å². The van der Waals surface area contributed by atoms with E-state index in [9.17, 15) is 18.0 Å². The monoisotopic (exact) mass is 247 g/mol. The van der Waals surface area contributed by atoms with Gasteiger partial charge in [0, 0.05) is 5.92 Å². The standard InChI is InChI=1S/C12H16F3NO/c1-2-8(7-16)11(17)9-4-3-5-10(6-9)12(13,14)15/h8-10H,2-6H2,1H3. The maximum atomic E-state index is 12.6. The van der Waals surface area contributed by atoms with Crippen molar-refractivity contribution in [3.8, 4) is 6.07 Å². The number of nitrogens with zero attached hydrogens (tertiary/aromatic N) is 1. The number of rotatable bonds is 3. The summed E-state index contributed by atoms with van der Waals surface area (Å²) in [5.74, 6) is -3.00. The molecule has 96 valence electrons. The minimum absolute atomic E-state index is 0.108. The second-order valence-corrected chi connectivity index (χ2v) is 4.59. The Balaban J connectivity index is 2.67. The van der Waals surface area contributed by atoms with Crippen molar-refractivity contribution >= 4 is 5.78 Å². The Labute approximate surface area is 98.8 Å². The summed E-state index contributed by atoms with van der Waals surface area (Å²) in [5, 5.41) is 8.76. The van der Waals surface area contributed by atoms with Crippen LogP contribution in [0, 0.1) is 29.1 Å². The Morgan fingerprint density at radius 1 is 1.47 bits per heavy atom. The first-order valence-corrected chi connectivity index (χ1v) is 5.90. The summed E-state index contributed by atoms with van der Waals surface area (Å²) in [6, 6.07) is 1.87. The van der Waals surface area contributed by atoms with E-state index in [0.29, 0.717) is 19.3 Å². The van der Waals surface area contributed by atoms with Crippen molar-refractivity contribution in [3.05, 3.63) is 0 Å². The van der Waals surface area contributed by atoms with Crippen molar-refractivity contribution in [2.24, 2.45) is 17.8 Å². The van der Waals surface area contributed by atoms with Gasteiger partial charge in [-0.25, -0.2) is 0 Å². The number of hydrogen-bond donors (Lipinski definition) is 0. The van der Waals surface area contributed by atoms with Gasteiger partial charge in [-0.1, -0.05) is 13.3 Å². The first-order chi connectivity index (χ1) is 7.90. The third-order valence-corrected chi connectivity index (χ3v) is 3.45. The number of hydrogen-bond acceptors (Lipinski definition) is 2. The smallest absolute Gasteiger partial charge is 0.298 e. The van der Waals surface area contributed by atoms with E-state index in [1.165, 1.54) is 0 Å². The second kappa shape index (κ2) is 5.52. The molecule has 0 amide bonds. The van der Waals surface area contributed by atoms with Gasteiger partial charge in [-0.3, -0.25) is 4.79 Å². The summed E-state index contributed by atoms with van der Waals surface area (Å²) < 4.78 is 37.7. The molecular formula is C12H16F3NO. The van der Waals surface area contributed by atoms with E-state index < -0.39 is 23.9 Å². The molecule has 0 aliphatic heterocycles. The summed E-state index contributed by atoms with van der Waals surface area (Å²) in [6.45, 7) is 1.70. The van der Waals surface area contributed by atoms with Crippen LogP contribution in [0.2, 0.25) is 0 Å². The average molecular weight is 247 g/mol. The number of carbonyl (C=O) groups is 1. The molecule has 17 heavy (non-hydrogen) atoms. The zero-order valence-corrected chi connectivity index (χ0v) is 9.76. The molecule has 0 saturated heterocycles. The summed E-state index contributed by atoms with van der Waals surface area (Å²) in [4.78, 5) is 11.8. The maximum Gasteiger partial charge on any atom is 0.391 e. The zero-order chi connectivity index (χ0) is 13.1. The van der Waals surface area contributed by atoms with E-state index in [0.717, 1.165) is 0 Å². The van der Waals surface area contributed by atoms with Gasteiger partial charge in [-0.15, -0.1) is 0 Å². The van der Waals surface area contributed by atoms with E-state index in [-0.39, 0.29) is 18.6 Å². The van der Waals surface area contributed by atoms with E-state index in [1.807, 2.05) is 6.07 Å². The number of halogens is 3. The Kier molecular flexibility index (Phi) is 4.55. The fraction of sp³-hybridized carbons (Fsp3) is 0.833. The largest absolute Gasteiger partial charge is 0.391 e. The molecular weight excluding hydrogens is 231 g/mol. The highest BCUT2D eigenvalue weighted by molar-refractivity contribution is 5.85. The van der Waals surface area contributed by atoms with Crippen LogP contribution in [-0.4, -0.2) is 12.0 Å². The van der Waals surface area contributed by atoms with Crippen LogP contribution in [0.25, 0.3) is 0 Å². The lowest BCUT2D eigenvalue weighted by atomic mass is 9.76. The minimum atomic E-state index is -4.21. The second-order valence-electron chi connectivity index (χ2n) is 4.59. The van der Waals surface area contributed by atoms with Crippen molar-refractivity contribution in [2.45, 2.75) is 45.2 Å². The van der Waals surface area contributed by atoms with E-state index in [4.69, 9.17) is 5.26 Å². The van der Waals surface area contributed by atoms with Crippen LogP contribution in [0.4, 0.5) is 13.2 Å². The molecule has 1 aliphatic rings. The van der Waals surface area contributed by atoms with Gasteiger partial charge in [-0.05, 0) is 25.7 Å². The predicted molar refractivity (Wildman–Crippen MR) is 55.9 cm³/mol. The van der Waals surface area contributed by atoms with Crippen LogP contribution >= 0.6 is 0 Å². The number of nitriles is 1. The molecule has 3 unspecified atom stereocenters. The highest BCUT2D eigenvalue weighted by Gasteiger charge is 2.44. The molecule has 0 bridgehead atoms. The van der Waals surface area contributed by atoms with E-state index in [1.54, 1.807) is 6.92 Å². The molecule has 1 aliphatic carbocycles. The topological polar surface area (TPSA) is 40.9 Å². The summed E-state index contributed by atoms with van der Waals surface area (Å²) in [5.41, 5.74) is 0. The Bertz CT molecular complexity index is 319. The molecule has 0 N–H and O–H groups in total. The Morgan fingerprint density at radius 2 is 2.12 bits per heavy atom. The van der Waals surface area contributed by atoms with Crippen molar-refractivity contribution in [1.29, 1.82) is 5.26 Å². The van der Waals surface area contributed by atoms with Crippen LogP contribution in [0.5, 0.6) is 0 Å². The Morgan fingerprint density at radius 3 is 2.59 bits per heavy atom. The molecule has 0 aromatic heterocycles. The highest BCUT2D eigenvalue weighted by Crippen LogP contribution is 2.40. The lowest BCUT2D eigenvalue weighted by Gasteiger charge is -2.30. The summed E-state index contributed by atoms with van der Waals surface area (Å²) >= 11 is 0. The molecule has 1 saturated carbocycles. The normalized spacial score (nSPS) is 27.2. The van der Waals surface area contributed by atoms with E-state index in [2.05, 4.69) is 0 Å². The molecule has 1 fully saturated rings. The number of ketones is 1. The molecule has 5 heteroatoms. The SMILES string of the molecule is CCC(C#N)C(=O)C1CCCC(C(F)(F)F)C1.